The molecule has 0 saturated carbocycles. The molecule has 2 aromatic rings. The molecule has 0 aromatic heterocycles. The third kappa shape index (κ3) is 8.08. The molecule has 170 valence electrons. The highest BCUT2D eigenvalue weighted by molar-refractivity contribution is 9.10. The number of halogens is 2. The van der Waals surface area contributed by atoms with E-state index in [-0.39, 0.29) is 24.7 Å². The van der Waals surface area contributed by atoms with E-state index < -0.39 is 11.8 Å². The fraction of sp³-hybridized carbons (Fsp3) is 0.273. The molecule has 2 aromatic carbocycles. The summed E-state index contributed by atoms with van der Waals surface area (Å²) in [6.07, 6.45) is 1.19. The van der Waals surface area contributed by atoms with Crippen LogP contribution in [0.1, 0.15) is 57.5 Å². The molecular weight excluding hydrogens is 544 g/mol. The Labute approximate surface area is 203 Å². The van der Waals surface area contributed by atoms with E-state index in [2.05, 4.69) is 53.6 Å². The van der Waals surface area contributed by atoms with E-state index in [4.69, 9.17) is 0 Å². The van der Waals surface area contributed by atoms with Gasteiger partial charge in [-0.1, -0.05) is 44.0 Å². The maximum absolute atomic E-state index is 12.1. The summed E-state index contributed by atoms with van der Waals surface area (Å²) < 4.78 is 1.61. The number of hydrogen-bond donors (Lipinski definition) is 4. The second kappa shape index (κ2) is 12.4. The molecule has 0 aliphatic carbocycles. The number of unbranched alkanes of at least 4 members (excludes halogenated alkanes) is 1. The zero-order valence-electron chi connectivity index (χ0n) is 17.7. The van der Waals surface area contributed by atoms with Crippen molar-refractivity contribution in [2.24, 2.45) is 0 Å². The van der Waals surface area contributed by atoms with E-state index in [1.807, 2.05) is 13.8 Å². The van der Waals surface area contributed by atoms with E-state index in [0.717, 1.165) is 20.1 Å². The average Bonchev–Trinajstić information content (AvgIpc) is 2.77. The number of hydrogen-bond acceptors (Lipinski definition) is 4. The predicted molar refractivity (Wildman–Crippen MR) is 127 cm³/mol. The first kappa shape index (κ1) is 25.5. The van der Waals surface area contributed by atoms with Crippen molar-refractivity contribution in [2.45, 2.75) is 39.5 Å². The topological polar surface area (TPSA) is 116 Å². The number of rotatable bonds is 7. The molecule has 0 spiro atoms. The second-order valence-corrected chi connectivity index (χ2v) is 8.85. The molecule has 0 atom stereocenters. The maximum atomic E-state index is 12.1. The van der Waals surface area contributed by atoms with Crippen molar-refractivity contribution >= 4 is 55.5 Å². The monoisotopic (exact) mass is 566 g/mol. The Kier molecular flexibility index (Phi) is 9.86. The summed E-state index contributed by atoms with van der Waals surface area (Å²) in [6.45, 7) is 3.82. The van der Waals surface area contributed by atoms with Gasteiger partial charge in [0.25, 0.3) is 11.8 Å². The molecule has 0 saturated heterocycles. The van der Waals surface area contributed by atoms with Gasteiger partial charge in [0, 0.05) is 32.9 Å². The molecule has 0 aliphatic rings. The molecule has 32 heavy (non-hydrogen) atoms. The van der Waals surface area contributed by atoms with Crippen LogP contribution < -0.4 is 21.7 Å². The Bertz CT molecular complexity index is 945. The molecular formula is C22H24Br2N4O4. The van der Waals surface area contributed by atoms with Gasteiger partial charge < -0.3 is 0 Å². The van der Waals surface area contributed by atoms with Crippen molar-refractivity contribution in [2.75, 3.05) is 0 Å². The van der Waals surface area contributed by atoms with E-state index >= 15 is 0 Å². The zero-order valence-corrected chi connectivity index (χ0v) is 20.9. The van der Waals surface area contributed by atoms with Gasteiger partial charge >= 0.3 is 0 Å². The van der Waals surface area contributed by atoms with Crippen LogP contribution >= 0.6 is 31.9 Å². The molecule has 0 aliphatic heterocycles. The Morgan fingerprint density at radius 2 is 1.03 bits per heavy atom. The predicted octanol–water partition coefficient (Wildman–Crippen LogP) is 3.61. The van der Waals surface area contributed by atoms with E-state index in [1.54, 1.807) is 36.4 Å². The molecule has 10 heteroatoms. The first-order chi connectivity index (χ1) is 15.2. The van der Waals surface area contributed by atoms with Crippen LogP contribution in [0.3, 0.4) is 0 Å². The fourth-order valence-corrected chi connectivity index (χ4v) is 3.32. The summed E-state index contributed by atoms with van der Waals surface area (Å²) in [5.41, 5.74) is 12.3. The normalized spacial score (nSPS) is 10.2. The highest BCUT2D eigenvalue weighted by Crippen LogP contribution is 2.18. The lowest BCUT2D eigenvalue weighted by molar-refractivity contribution is -0.123. The third-order valence-corrected chi connectivity index (χ3v) is 6.27. The van der Waals surface area contributed by atoms with Gasteiger partial charge in [-0.2, -0.15) is 0 Å². The smallest absolute Gasteiger partial charge is 0.269 e. The standard InChI is InChI=1S/C22H24Br2N4O4/c1-13-7-9-15(11-17(13)23)21(31)27-25-19(29)5-3-4-6-20(30)26-28-22(32)16-10-8-14(2)18(24)12-16/h7-12H,3-6H2,1-2H3,(H,25,29)(H,26,30)(H,27,31)(H,28,32). The highest BCUT2D eigenvalue weighted by atomic mass is 79.9. The third-order valence-electron chi connectivity index (χ3n) is 4.56. The molecule has 0 bridgehead atoms. The van der Waals surface area contributed by atoms with Crippen LogP contribution in [0.5, 0.6) is 0 Å². The van der Waals surface area contributed by atoms with Gasteiger partial charge in [-0.15, -0.1) is 0 Å². The molecule has 8 nitrogen and oxygen atoms in total. The van der Waals surface area contributed by atoms with Gasteiger partial charge in [0.1, 0.15) is 0 Å². The van der Waals surface area contributed by atoms with E-state index in [0.29, 0.717) is 24.0 Å². The van der Waals surface area contributed by atoms with Crippen LogP contribution in [-0.2, 0) is 9.59 Å². The number of hydrazine groups is 2. The first-order valence-electron chi connectivity index (χ1n) is 9.88. The molecule has 0 fully saturated rings. The number of amides is 4. The van der Waals surface area contributed by atoms with Crippen LogP contribution in [0, 0.1) is 13.8 Å². The summed E-state index contributed by atoms with van der Waals surface area (Å²) >= 11 is 6.72. The second-order valence-electron chi connectivity index (χ2n) is 7.14. The molecule has 2 rings (SSSR count). The average molecular weight is 568 g/mol. The molecule has 0 heterocycles. The lowest BCUT2D eigenvalue weighted by Crippen LogP contribution is -2.42. The largest absolute Gasteiger partial charge is 0.273 e. The van der Waals surface area contributed by atoms with Gasteiger partial charge in [0.15, 0.2) is 0 Å². The zero-order chi connectivity index (χ0) is 23.7. The number of aryl methyl sites for hydroxylation is 2. The van der Waals surface area contributed by atoms with E-state index in [1.165, 1.54) is 0 Å². The van der Waals surface area contributed by atoms with Crippen molar-refractivity contribution in [1.82, 2.24) is 21.7 Å². The summed E-state index contributed by atoms with van der Waals surface area (Å²) in [6, 6.07) is 10.3. The minimum atomic E-state index is -0.422. The van der Waals surface area contributed by atoms with Crippen LogP contribution in [0.25, 0.3) is 0 Å². The van der Waals surface area contributed by atoms with Crippen LogP contribution in [-0.4, -0.2) is 23.6 Å². The minimum absolute atomic E-state index is 0.148. The van der Waals surface area contributed by atoms with Gasteiger partial charge in [0.2, 0.25) is 11.8 Å². The van der Waals surface area contributed by atoms with Crippen molar-refractivity contribution in [3.63, 3.8) is 0 Å². The fourth-order valence-electron chi connectivity index (χ4n) is 2.56. The Morgan fingerprint density at radius 1 is 0.656 bits per heavy atom. The van der Waals surface area contributed by atoms with Gasteiger partial charge in [0.05, 0.1) is 0 Å². The minimum Gasteiger partial charge on any atom is -0.273 e. The van der Waals surface area contributed by atoms with Crippen molar-refractivity contribution in [3.05, 3.63) is 67.6 Å². The first-order valence-corrected chi connectivity index (χ1v) is 11.5. The molecule has 4 N–H and O–H groups in total. The Hall–Kier alpha value is -2.72. The number of carbonyl (C=O) groups is 4. The van der Waals surface area contributed by atoms with E-state index in [9.17, 15) is 19.2 Å². The van der Waals surface area contributed by atoms with Crippen LogP contribution in [0.15, 0.2) is 45.3 Å². The summed E-state index contributed by atoms with van der Waals surface area (Å²) in [5, 5.41) is 0. The summed E-state index contributed by atoms with van der Waals surface area (Å²) in [4.78, 5) is 47.9. The summed E-state index contributed by atoms with van der Waals surface area (Å²) in [5.74, 6) is -1.56. The van der Waals surface area contributed by atoms with Gasteiger partial charge in [-0.05, 0) is 62.1 Å². The molecule has 0 radical (unpaired) electrons. The summed E-state index contributed by atoms with van der Waals surface area (Å²) in [7, 11) is 0. The molecule has 0 unspecified atom stereocenters. The van der Waals surface area contributed by atoms with Crippen molar-refractivity contribution < 1.29 is 19.2 Å². The quantitative estimate of drug-likeness (QED) is 0.302. The van der Waals surface area contributed by atoms with Crippen molar-refractivity contribution in [3.8, 4) is 0 Å². The Balaban J connectivity index is 1.61. The number of benzene rings is 2. The number of nitrogens with one attached hydrogen (secondary N) is 4. The molecule has 4 amide bonds. The van der Waals surface area contributed by atoms with Gasteiger partial charge in [-0.3, -0.25) is 40.9 Å². The lowest BCUT2D eigenvalue weighted by Gasteiger charge is -2.09. The van der Waals surface area contributed by atoms with Crippen LogP contribution in [0.4, 0.5) is 0 Å². The lowest BCUT2D eigenvalue weighted by atomic mass is 10.1. The Morgan fingerprint density at radius 3 is 1.38 bits per heavy atom. The SMILES string of the molecule is Cc1ccc(C(=O)NNC(=O)CCCCC(=O)NNC(=O)c2ccc(C)c(Br)c2)cc1Br. The van der Waals surface area contributed by atoms with Gasteiger partial charge in [-0.25, -0.2) is 0 Å². The highest BCUT2D eigenvalue weighted by Gasteiger charge is 2.11. The van der Waals surface area contributed by atoms with Crippen LogP contribution in [0.2, 0.25) is 0 Å². The number of carbonyl (C=O) groups excluding carboxylic acids is 4. The van der Waals surface area contributed by atoms with Crippen molar-refractivity contribution in [1.29, 1.82) is 0 Å². The maximum Gasteiger partial charge on any atom is 0.269 e.